The molecule has 3 amide bonds. The number of hydrazine groups is 1. The molecular formula is C16H20F2N4O3. The number of amides is 3. The van der Waals surface area contributed by atoms with Gasteiger partial charge in [0.25, 0.3) is 0 Å². The minimum atomic E-state index is -0.704. The van der Waals surface area contributed by atoms with Crippen LogP contribution in [0.3, 0.4) is 0 Å². The minimum Gasteiger partial charge on any atom is -0.488 e. The van der Waals surface area contributed by atoms with Crippen LogP contribution in [0, 0.1) is 11.6 Å². The van der Waals surface area contributed by atoms with Crippen molar-refractivity contribution < 1.29 is 23.1 Å². The molecule has 2 fully saturated rings. The van der Waals surface area contributed by atoms with Gasteiger partial charge in [0.2, 0.25) is 5.91 Å². The van der Waals surface area contributed by atoms with Crippen molar-refractivity contribution in [3.8, 4) is 5.75 Å². The number of carbonyl (C=O) groups is 2. The Labute approximate surface area is 143 Å². The zero-order chi connectivity index (χ0) is 18.0. The highest BCUT2D eigenvalue weighted by Crippen LogP contribution is 2.21. The largest absolute Gasteiger partial charge is 0.488 e. The van der Waals surface area contributed by atoms with Gasteiger partial charge in [0.15, 0.2) is 0 Å². The Balaban J connectivity index is 1.50. The molecule has 25 heavy (non-hydrogen) atoms. The molecule has 0 aromatic heterocycles. The SMILES string of the molecule is CN1NC(NC(=O)N2CC[C@@H](Oc3cc(F)cc(F)c3)C2)CCC1=O. The summed E-state index contributed by atoms with van der Waals surface area (Å²) >= 11 is 0. The lowest BCUT2D eigenvalue weighted by atomic mass is 10.2. The summed E-state index contributed by atoms with van der Waals surface area (Å²) in [5.41, 5.74) is 2.89. The summed E-state index contributed by atoms with van der Waals surface area (Å²) in [5.74, 6) is -1.32. The van der Waals surface area contributed by atoms with E-state index in [0.29, 0.717) is 32.4 Å². The van der Waals surface area contributed by atoms with Gasteiger partial charge >= 0.3 is 6.03 Å². The highest BCUT2D eigenvalue weighted by atomic mass is 19.1. The monoisotopic (exact) mass is 354 g/mol. The average molecular weight is 354 g/mol. The zero-order valence-corrected chi connectivity index (χ0v) is 13.8. The Bertz CT molecular complexity index is 653. The first-order chi connectivity index (χ1) is 11.9. The fourth-order valence-electron chi connectivity index (χ4n) is 2.95. The van der Waals surface area contributed by atoms with E-state index in [9.17, 15) is 18.4 Å². The number of likely N-dealkylation sites (tertiary alicyclic amines) is 1. The summed E-state index contributed by atoms with van der Waals surface area (Å²) in [6, 6.07) is 2.74. The Hall–Kier alpha value is -2.42. The number of nitrogens with zero attached hydrogens (tertiary/aromatic N) is 2. The lowest BCUT2D eigenvalue weighted by Crippen LogP contribution is -2.59. The van der Waals surface area contributed by atoms with Crippen LogP contribution in [0.2, 0.25) is 0 Å². The van der Waals surface area contributed by atoms with Crippen molar-refractivity contribution in [1.82, 2.24) is 20.7 Å². The Morgan fingerprint density at radius 2 is 2.00 bits per heavy atom. The van der Waals surface area contributed by atoms with Crippen molar-refractivity contribution in [3.05, 3.63) is 29.8 Å². The molecule has 2 aliphatic heterocycles. The van der Waals surface area contributed by atoms with Crippen LogP contribution >= 0.6 is 0 Å². The van der Waals surface area contributed by atoms with Crippen LogP contribution in [0.4, 0.5) is 13.6 Å². The number of ether oxygens (including phenoxy) is 1. The molecule has 1 unspecified atom stereocenters. The quantitative estimate of drug-likeness (QED) is 0.856. The minimum absolute atomic E-state index is 0.0255. The fourth-order valence-corrected chi connectivity index (χ4v) is 2.95. The first kappa shape index (κ1) is 17.4. The first-order valence-corrected chi connectivity index (χ1v) is 8.11. The fraction of sp³-hybridized carbons (Fsp3) is 0.500. The van der Waals surface area contributed by atoms with Gasteiger partial charge in [0.05, 0.1) is 12.7 Å². The summed E-state index contributed by atoms with van der Waals surface area (Å²) < 4.78 is 32.0. The Morgan fingerprint density at radius 3 is 2.68 bits per heavy atom. The second-order valence-corrected chi connectivity index (χ2v) is 6.20. The molecule has 7 nitrogen and oxygen atoms in total. The van der Waals surface area contributed by atoms with E-state index in [2.05, 4.69) is 10.7 Å². The van der Waals surface area contributed by atoms with Crippen LogP contribution in [0.15, 0.2) is 18.2 Å². The van der Waals surface area contributed by atoms with E-state index >= 15 is 0 Å². The van der Waals surface area contributed by atoms with Crippen LogP contribution in [0.25, 0.3) is 0 Å². The number of benzene rings is 1. The molecule has 0 radical (unpaired) electrons. The molecule has 1 aromatic carbocycles. The van der Waals surface area contributed by atoms with Gasteiger partial charge in [-0.05, 0) is 6.42 Å². The molecule has 1 aromatic rings. The third-order valence-electron chi connectivity index (χ3n) is 4.24. The van der Waals surface area contributed by atoms with Crippen LogP contribution in [0.5, 0.6) is 5.75 Å². The van der Waals surface area contributed by atoms with Crippen LogP contribution in [-0.4, -0.2) is 54.3 Å². The molecule has 2 atom stereocenters. The number of rotatable bonds is 3. The summed E-state index contributed by atoms with van der Waals surface area (Å²) in [4.78, 5) is 25.3. The van der Waals surface area contributed by atoms with Gasteiger partial charge < -0.3 is 15.0 Å². The molecule has 2 saturated heterocycles. The van der Waals surface area contributed by atoms with Crippen molar-refractivity contribution >= 4 is 11.9 Å². The van der Waals surface area contributed by atoms with E-state index in [1.807, 2.05) is 0 Å². The molecule has 136 valence electrons. The van der Waals surface area contributed by atoms with E-state index in [1.165, 1.54) is 5.01 Å². The summed E-state index contributed by atoms with van der Waals surface area (Å²) in [6.45, 7) is 0.807. The normalized spacial score (nSPS) is 23.7. The number of hydrogen-bond donors (Lipinski definition) is 2. The maximum atomic E-state index is 13.2. The molecule has 0 saturated carbocycles. The predicted octanol–water partition coefficient (Wildman–Crippen LogP) is 1.21. The number of carbonyl (C=O) groups excluding carboxylic acids is 2. The highest BCUT2D eigenvalue weighted by Gasteiger charge is 2.30. The molecule has 3 rings (SSSR count). The molecule has 0 spiro atoms. The van der Waals surface area contributed by atoms with Crippen molar-refractivity contribution in [1.29, 1.82) is 0 Å². The van der Waals surface area contributed by atoms with E-state index in [1.54, 1.807) is 11.9 Å². The molecule has 2 N–H and O–H groups in total. The molecule has 0 bridgehead atoms. The first-order valence-electron chi connectivity index (χ1n) is 8.11. The lowest BCUT2D eigenvalue weighted by Gasteiger charge is -2.32. The number of urea groups is 1. The number of halogens is 2. The van der Waals surface area contributed by atoms with Gasteiger partial charge in [0, 0.05) is 44.6 Å². The maximum absolute atomic E-state index is 13.2. The second-order valence-electron chi connectivity index (χ2n) is 6.20. The van der Waals surface area contributed by atoms with E-state index in [0.717, 1.165) is 18.2 Å². The second kappa shape index (κ2) is 7.22. The summed E-state index contributed by atoms with van der Waals surface area (Å²) in [5, 5.41) is 4.18. The average Bonchev–Trinajstić information content (AvgIpc) is 2.98. The van der Waals surface area contributed by atoms with E-state index in [-0.39, 0.29) is 30.0 Å². The van der Waals surface area contributed by atoms with Crippen LogP contribution in [-0.2, 0) is 4.79 Å². The summed E-state index contributed by atoms with van der Waals surface area (Å²) in [6.07, 6.45) is 0.821. The van der Waals surface area contributed by atoms with Gasteiger partial charge in [-0.15, -0.1) is 0 Å². The summed E-state index contributed by atoms with van der Waals surface area (Å²) in [7, 11) is 1.61. The van der Waals surface area contributed by atoms with Gasteiger partial charge in [-0.2, -0.15) is 0 Å². The third-order valence-corrected chi connectivity index (χ3v) is 4.24. The predicted molar refractivity (Wildman–Crippen MR) is 84.4 cm³/mol. The van der Waals surface area contributed by atoms with Crippen molar-refractivity contribution in [2.45, 2.75) is 31.5 Å². The zero-order valence-electron chi connectivity index (χ0n) is 13.8. The molecule has 2 aliphatic rings. The lowest BCUT2D eigenvalue weighted by molar-refractivity contribution is -0.137. The molecular weight excluding hydrogens is 334 g/mol. The van der Waals surface area contributed by atoms with Crippen molar-refractivity contribution in [2.24, 2.45) is 0 Å². The third kappa shape index (κ3) is 4.36. The smallest absolute Gasteiger partial charge is 0.318 e. The maximum Gasteiger partial charge on any atom is 0.318 e. The molecule has 0 aliphatic carbocycles. The van der Waals surface area contributed by atoms with E-state index in [4.69, 9.17) is 4.74 Å². The van der Waals surface area contributed by atoms with Gasteiger partial charge in [0.1, 0.15) is 23.5 Å². The number of hydrogen-bond acceptors (Lipinski definition) is 4. The van der Waals surface area contributed by atoms with Gasteiger partial charge in [-0.25, -0.2) is 19.0 Å². The van der Waals surface area contributed by atoms with E-state index < -0.39 is 11.6 Å². The van der Waals surface area contributed by atoms with Crippen LogP contribution in [0.1, 0.15) is 19.3 Å². The Morgan fingerprint density at radius 1 is 1.28 bits per heavy atom. The topological polar surface area (TPSA) is 73.9 Å². The number of nitrogens with one attached hydrogen (secondary N) is 2. The molecule has 2 heterocycles. The highest BCUT2D eigenvalue weighted by molar-refractivity contribution is 5.77. The Kier molecular flexibility index (Phi) is 5.03. The van der Waals surface area contributed by atoms with Crippen LogP contribution < -0.4 is 15.5 Å². The van der Waals surface area contributed by atoms with Crippen molar-refractivity contribution in [2.75, 3.05) is 20.1 Å². The standard InChI is InChI=1S/C16H20F2N4O3/c1-21-15(23)3-2-14(20-21)19-16(24)22-5-4-12(9-22)25-13-7-10(17)6-11(18)8-13/h6-8,12,14,20H,2-5,9H2,1H3,(H,19,24)/t12-,14?/m1/s1. The van der Waals surface area contributed by atoms with Crippen molar-refractivity contribution in [3.63, 3.8) is 0 Å². The van der Waals surface area contributed by atoms with Gasteiger partial charge in [-0.1, -0.05) is 0 Å². The molecule has 9 heteroatoms. The van der Waals surface area contributed by atoms with Gasteiger partial charge in [-0.3, -0.25) is 9.80 Å².